The largest absolute Gasteiger partial charge is 0.312 e. The van der Waals surface area contributed by atoms with E-state index in [1.165, 1.54) is 17.6 Å². The normalized spacial score (nSPS) is 12.6. The number of aromatic nitrogens is 2. The van der Waals surface area contributed by atoms with Crippen LogP contribution >= 0.6 is 11.5 Å². The predicted molar refractivity (Wildman–Crippen MR) is 71.2 cm³/mol. The van der Waals surface area contributed by atoms with Crippen LogP contribution in [0, 0.1) is 5.82 Å². The maximum atomic E-state index is 13.2. The van der Waals surface area contributed by atoms with Crippen molar-refractivity contribution in [3.63, 3.8) is 0 Å². The molecule has 1 unspecified atom stereocenters. The molecule has 0 bridgehead atoms. The van der Waals surface area contributed by atoms with E-state index in [0.29, 0.717) is 0 Å². The minimum absolute atomic E-state index is 0.141. The van der Waals surface area contributed by atoms with Crippen LogP contribution in [0.4, 0.5) is 4.39 Å². The van der Waals surface area contributed by atoms with Crippen molar-refractivity contribution in [3.8, 4) is 0 Å². The molecule has 96 valence electrons. The zero-order chi connectivity index (χ0) is 13.0. The maximum absolute atomic E-state index is 13.2. The maximum Gasteiger partial charge on any atom is 0.123 e. The van der Waals surface area contributed by atoms with Crippen molar-refractivity contribution < 1.29 is 4.39 Å². The molecular formula is C13H16FN3S. The Morgan fingerprint density at radius 1 is 1.44 bits per heavy atom. The molecule has 1 heterocycles. The lowest BCUT2D eigenvalue weighted by molar-refractivity contribution is 0.587. The van der Waals surface area contributed by atoms with Gasteiger partial charge in [0.25, 0.3) is 0 Å². The second kappa shape index (κ2) is 6.02. The molecule has 5 heteroatoms. The van der Waals surface area contributed by atoms with Gasteiger partial charge < -0.3 is 5.32 Å². The van der Waals surface area contributed by atoms with E-state index < -0.39 is 0 Å². The summed E-state index contributed by atoms with van der Waals surface area (Å²) in [4.78, 5) is 1.14. The molecule has 1 atom stereocenters. The average molecular weight is 265 g/mol. The van der Waals surface area contributed by atoms with Gasteiger partial charge in [-0.2, -0.15) is 0 Å². The van der Waals surface area contributed by atoms with Gasteiger partial charge in [0, 0.05) is 6.04 Å². The minimum Gasteiger partial charge on any atom is -0.312 e. The van der Waals surface area contributed by atoms with Crippen LogP contribution in [0.5, 0.6) is 0 Å². The number of hydrogen-bond donors (Lipinski definition) is 1. The molecule has 1 aromatic heterocycles. The molecule has 0 fully saturated rings. The number of nitrogens with zero attached hydrogens (tertiary/aromatic N) is 2. The number of likely N-dealkylation sites (N-methyl/N-ethyl adjacent to an activating group) is 1. The van der Waals surface area contributed by atoms with Crippen LogP contribution < -0.4 is 5.32 Å². The molecule has 0 aliphatic rings. The van der Waals surface area contributed by atoms with E-state index in [0.717, 1.165) is 29.0 Å². The van der Waals surface area contributed by atoms with Gasteiger partial charge in [0.2, 0.25) is 0 Å². The third-order valence-electron chi connectivity index (χ3n) is 2.91. The first-order chi connectivity index (χ1) is 8.74. The molecule has 0 saturated carbocycles. The predicted octanol–water partition coefficient (Wildman–Crippen LogP) is 2.74. The SMILES string of the molecule is CCc1nnsc1C(Cc1cccc(F)c1)NC. The Kier molecular flexibility index (Phi) is 4.38. The molecule has 0 saturated heterocycles. The van der Waals surface area contributed by atoms with Crippen LogP contribution in [0.15, 0.2) is 24.3 Å². The topological polar surface area (TPSA) is 37.8 Å². The molecule has 2 rings (SSSR count). The Bertz CT molecular complexity index is 512. The van der Waals surface area contributed by atoms with Crippen LogP contribution in [0.25, 0.3) is 0 Å². The van der Waals surface area contributed by atoms with Crippen molar-refractivity contribution in [3.05, 3.63) is 46.2 Å². The Morgan fingerprint density at radius 3 is 2.94 bits per heavy atom. The van der Waals surface area contributed by atoms with Gasteiger partial charge in [-0.15, -0.1) is 5.10 Å². The second-order valence-corrected chi connectivity index (χ2v) is 4.90. The van der Waals surface area contributed by atoms with Crippen LogP contribution in [0.1, 0.15) is 29.1 Å². The molecular weight excluding hydrogens is 249 g/mol. The van der Waals surface area contributed by atoms with Crippen LogP contribution in [0.2, 0.25) is 0 Å². The smallest absolute Gasteiger partial charge is 0.123 e. The fraction of sp³-hybridized carbons (Fsp3) is 0.385. The highest BCUT2D eigenvalue weighted by Crippen LogP contribution is 2.24. The quantitative estimate of drug-likeness (QED) is 0.903. The van der Waals surface area contributed by atoms with E-state index in [9.17, 15) is 4.39 Å². The summed E-state index contributed by atoms with van der Waals surface area (Å²) >= 11 is 1.41. The lowest BCUT2D eigenvalue weighted by Crippen LogP contribution is -2.19. The highest BCUT2D eigenvalue weighted by Gasteiger charge is 2.17. The van der Waals surface area contributed by atoms with Crippen molar-refractivity contribution in [1.82, 2.24) is 14.9 Å². The van der Waals surface area contributed by atoms with E-state index in [-0.39, 0.29) is 11.9 Å². The van der Waals surface area contributed by atoms with Crippen LogP contribution in [0.3, 0.4) is 0 Å². The van der Waals surface area contributed by atoms with Crippen LogP contribution in [-0.4, -0.2) is 16.6 Å². The average Bonchev–Trinajstić information content (AvgIpc) is 2.84. The number of nitrogens with one attached hydrogen (secondary N) is 1. The number of aryl methyl sites for hydroxylation is 1. The van der Waals surface area contributed by atoms with E-state index in [1.807, 2.05) is 13.1 Å². The van der Waals surface area contributed by atoms with Gasteiger partial charge in [0.05, 0.1) is 10.6 Å². The highest BCUT2D eigenvalue weighted by atomic mass is 32.1. The van der Waals surface area contributed by atoms with Gasteiger partial charge in [-0.25, -0.2) is 4.39 Å². The Labute approximate surface area is 110 Å². The van der Waals surface area contributed by atoms with E-state index in [1.54, 1.807) is 12.1 Å². The van der Waals surface area contributed by atoms with Gasteiger partial charge in [-0.05, 0) is 49.1 Å². The lowest BCUT2D eigenvalue weighted by Gasteiger charge is -2.15. The third kappa shape index (κ3) is 2.91. The summed E-state index contributed by atoms with van der Waals surface area (Å²) in [6.45, 7) is 2.06. The first-order valence-corrected chi connectivity index (χ1v) is 6.74. The molecule has 1 aromatic carbocycles. The number of benzene rings is 1. The molecule has 3 nitrogen and oxygen atoms in total. The summed E-state index contributed by atoms with van der Waals surface area (Å²) < 4.78 is 17.2. The van der Waals surface area contributed by atoms with E-state index >= 15 is 0 Å². The molecule has 0 aliphatic heterocycles. The molecule has 0 spiro atoms. The zero-order valence-electron chi connectivity index (χ0n) is 10.5. The fourth-order valence-corrected chi connectivity index (χ4v) is 2.80. The standard InChI is InChI=1S/C13H16FN3S/c1-3-11-13(18-17-16-11)12(15-2)8-9-5-4-6-10(14)7-9/h4-7,12,15H,3,8H2,1-2H3. The second-order valence-electron chi connectivity index (χ2n) is 4.11. The summed E-state index contributed by atoms with van der Waals surface area (Å²) in [5.41, 5.74) is 2.00. The highest BCUT2D eigenvalue weighted by molar-refractivity contribution is 7.05. The van der Waals surface area contributed by atoms with Crippen molar-refractivity contribution in [2.45, 2.75) is 25.8 Å². The molecule has 18 heavy (non-hydrogen) atoms. The molecule has 0 amide bonds. The fourth-order valence-electron chi connectivity index (χ4n) is 1.95. The number of rotatable bonds is 5. The number of hydrogen-bond acceptors (Lipinski definition) is 4. The first-order valence-electron chi connectivity index (χ1n) is 5.97. The first kappa shape index (κ1) is 13.1. The Morgan fingerprint density at radius 2 is 2.28 bits per heavy atom. The van der Waals surface area contributed by atoms with Gasteiger partial charge in [0.15, 0.2) is 0 Å². The van der Waals surface area contributed by atoms with Gasteiger partial charge in [-0.3, -0.25) is 0 Å². The van der Waals surface area contributed by atoms with Gasteiger partial charge in [-0.1, -0.05) is 23.5 Å². The van der Waals surface area contributed by atoms with Crippen molar-refractivity contribution in [2.75, 3.05) is 7.05 Å². The summed E-state index contributed by atoms with van der Waals surface area (Å²) in [6, 6.07) is 6.85. The summed E-state index contributed by atoms with van der Waals surface area (Å²) in [6.07, 6.45) is 1.61. The summed E-state index contributed by atoms with van der Waals surface area (Å²) in [5.74, 6) is -0.194. The van der Waals surface area contributed by atoms with E-state index in [2.05, 4.69) is 21.8 Å². The molecule has 1 N–H and O–H groups in total. The monoisotopic (exact) mass is 265 g/mol. The minimum atomic E-state index is -0.194. The summed E-state index contributed by atoms with van der Waals surface area (Å²) in [5, 5.41) is 7.37. The third-order valence-corrected chi connectivity index (χ3v) is 3.79. The summed E-state index contributed by atoms with van der Waals surface area (Å²) in [7, 11) is 1.91. The van der Waals surface area contributed by atoms with Crippen molar-refractivity contribution >= 4 is 11.5 Å². The molecule has 0 radical (unpaired) electrons. The zero-order valence-corrected chi connectivity index (χ0v) is 11.3. The van der Waals surface area contributed by atoms with Gasteiger partial charge in [0.1, 0.15) is 5.82 Å². The van der Waals surface area contributed by atoms with Crippen LogP contribution in [-0.2, 0) is 12.8 Å². The Balaban J connectivity index is 2.20. The van der Waals surface area contributed by atoms with Gasteiger partial charge >= 0.3 is 0 Å². The number of halogens is 1. The Hall–Kier alpha value is -1.33. The molecule has 0 aliphatic carbocycles. The van der Waals surface area contributed by atoms with Crippen molar-refractivity contribution in [2.24, 2.45) is 0 Å². The van der Waals surface area contributed by atoms with E-state index in [4.69, 9.17) is 0 Å². The molecule has 2 aromatic rings. The lowest BCUT2D eigenvalue weighted by atomic mass is 10.0. The van der Waals surface area contributed by atoms with Crippen molar-refractivity contribution in [1.29, 1.82) is 0 Å².